The zero-order chi connectivity index (χ0) is 14.5. The van der Waals surface area contributed by atoms with E-state index < -0.39 is 0 Å². The predicted molar refractivity (Wildman–Crippen MR) is 85.4 cm³/mol. The lowest BCUT2D eigenvalue weighted by Gasteiger charge is -2.15. The minimum absolute atomic E-state index is 0.741. The standard InChI is InChI=1S/C16H18BrNO2/c1-18-10-12-8-15(19-2)16(20-3)9-14(12)11-4-6-13(17)7-5-11/h4-9,18H,10H2,1-3H3. The van der Waals surface area contributed by atoms with Gasteiger partial charge in [-0.25, -0.2) is 0 Å². The molecule has 1 N–H and O–H groups in total. The van der Waals surface area contributed by atoms with E-state index in [2.05, 4.69) is 33.4 Å². The topological polar surface area (TPSA) is 30.5 Å². The Labute approximate surface area is 128 Å². The van der Waals surface area contributed by atoms with Crippen LogP contribution in [0.1, 0.15) is 5.56 Å². The van der Waals surface area contributed by atoms with Crippen LogP contribution in [0.2, 0.25) is 0 Å². The highest BCUT2D eigenvalue weighted by molar-refractivity contribution is 9.10. The van der Waals surface area contributed by atoms with Crippen molar-refractivity contribution in [2.24, 2.45) is 0 Å². The number of hydrogen-bond donors (Lipinski definition) is 1. The molecule has 0 aliphatic rings. The Morgan fingerprint density at radius 1 is 1.00 bits per heavy atom. The Balaban J connectivity index is 2.56. The molecule has 0 aliphatic carbocycles. The summed E-state index contributed by atoms with van der Waals surface area (Å²) >= 11 is 3.46. The van der Waals surface area contributed by atoms with Crippen molar-refractivity contribution < 1.29 is 9.47 Å². The maximum Gasteiger partial charge on any atom is 0.161 e. The van der Waals surface area contributed by atoms with E-state index in [1.165, 1.54) is 5.56 Å². The predicted octanol–water partition coefficient (Wildman–Crippen LogP) is 3.85. The van der Waals surface area contributed by atoms with Crippen LogP contribution in [0.3, 0.4) is 0 Å². The van der Waals surface area contributed by atoms with Gasteiger partial charge in [-0.1, -0.05) is 28.1 Å². The molecule has 0 spiro atoms. The zero-order valence-electron chi connectivity index (χ0n) is 11.9. The van der Waals surface area contributed by atoms with Crippen molar-refractivity contribution in [1.29, 1.82) is 0 Å². The fourth-order valence-electron chi connectivity index (χ4n) is 2.16. The molecular weight excluding hydrogens is 318 g/mol. The quantitative estimate of drug-likeness (QED) is 0.900. The van der Waals surface area contributed by atoms with Gasteiger partial charge in [-0.2, -0.15) is 0 Å². The molecule has 0 atom stereocenters. The number of nitrogens with one attached hydrogen (secondary N) is 1. The zero-order valence-corrected chi connectivity index (χ0v) is 13.5. The van der Waals surface area contributed by atoms with Gasteiger partial charge in [-0.3, -0.25) is 0 Å². The highest BCUT2D eigenvalue weighted by Gasteiger charge is 2.12. The first-order chi connectivity index (χ1) is 9.69. The molecule has 0 aromatic heterocycles. The van der Waals surface area contributed by atoms with Gasteiger partial charge in [-0.15, -0.1) is 0 Å². The van der Waals surface area contributed by atoms with Gasteiger partial charge >= 0.3 is 0 Å². The summed E-state index contributed by atoms with van der Waals surface area (Å²) in [6.07, 6.45) is 0. The van der Waals surface area contributed by atoms with Gasteiger partial charge in [0.15, 0.2) is 11.5 Å². The molecule has 0 unspecified atom stereocenters. The molecule has 2 rings (SSSR count). The largest absolute Gasteiger partial charge is 0.493 e. The molecule has 0 aliphatic heterocycles. The lowest BCUT2D eigenvalue weighted by molar-refractivity contribution is 0.354. The first-order valence-corrected chi connectivity index (χ1v) is 7.14. The lowest BCUT2D eigenvalue weighted by Crippen LogP contribution is -2.07. The van der Waals surface area contributed by atoms with Crippen LogP contribution in [0.4, 0.5) is 0 Å². The molecule has 4 heteroatoms. The molecule has 0 amide bonds. The van der Waals surface area contributed by atoms with Crippen molar-refractivity contribution >= 4 is 15.9 Å². The average molecular weight is 336 g/mol. The fraction of sp³-hybridized carbons (Fsp3) is 0.250. The smallest absolute Gasteiger partial charge is 0.161 e. The van der Waals surface area contributed by atoms with Gasteiger partial charge in [0, 0.05) is 11.0 Å². The monoisotopic (exact) mass is 335 g/mol. The Kier molecular flexibility index (Phi) is 5.04. The van der Waals surface area contributed by atoms with Gasteiger partial charge in [0.25, 0.3) is 0 Å². The molecule has 0 bridgehead atoms. The first kappa shape index (κ1) is 14.9. The number of benzene rings is 2. The summed E-state index contributed by atoms with van der Waals surface area (Å²) in [6.45, 7) is 0.770. The number of methoxy groups -OCH3 is 2. The van der Waals surface area contributed by atoms with Crippen molar-refractivity contribution in [3.8, 4) is 22.6 Å². The summed E-state index contributed by atoms with van der Waals surface area (Å²) in [7, 11) is 5.24. The second-order valence-corrected chi connectivity index (χ2v) is 5.32. The van der Waals surface area contributed by atoms with Crippen molar-refractivity contribution in [2.45, 2.75) is 6.54 Å². The Morgan fingerprint density at radius 3 is 2.15 bits per heavy atom. The van der Waals surface area contributed by atoms with Gasteiger partial charge in [0.2, 0.25) is 0 Å². The van der Waals surface area contributed by atoms with Crippen molar-refractivity contribution in [3.63, 3.8) is 0 Å². The highest BCUT2D eigenvalue weighted by atomic mass is 79.9. The summed E-state index contributed by atoms with van der Waals surface area (Å²) in [5.41, 5.74) is 3.47. The van der Waals surface area contributed by atoms with E-state index in [9.17, 15) is 0 Å². The van der Waals surface area contributed by atoms with E-state index in [-0.39, 0.29) is 0 Å². The SMILES string of the molecule is CNCc1cc(OC)c(OC)cc1-c1ccc(Br)cc1. The molecule has 0 saturated heterocycles. The Hall–Kier alpha value is -1.52. The third-order valence-electron chi connectivity index (χ3n) is 3.13. The third kappa shape index (κ3) is 3.14. The maximum atomic E-state index is 5.40. The highest BCUT2D eigenvalue weighted by Crippen LogP contribution is 2.36. The van der Waals surface area contributed by atoms with E-state index >= 15 is 0 Å². The fourth-order valence-corrected chi connectivity index (χ4v) is 2.42. The van der Waals surface area contributed by atoms with Crippen LogP contribution < -0.4 is 14.8 Å². The third-order valence-corrected chi connectivity index (χ3v) is 3.66. The summed E-state index contributed by atoms with van der Waals surface area (Å²) in [6, 6.07) is 12.3. The van der Waals surface area contributed by atoms with Crippen molar-refractivity contribution in [2.75, 3.05) is 21.3 Å². The Morgan fingerprint density at radius 2 is 1.60 bits per heavy atom. The summed E-state index contributed by atoms with van der Waals surface area (Å²) in [5.74, 6) is 1.49. The van der Waals surface area contributed by atoms with Crippen molar-refractivity contribution in [3.05, 3.63) is 46.4 Å². The number of ether oxygens (including phenoxy) is 2. The molecule has 0 radical (unpaired) electrons. The number of rotatable bonds is 5. The van der Waals surface area contributed by atoms with Crippen LogP contribution in [0.25, 0.3) is 11.1 Å². The van der Waals surface area contributed by atoms with E-state index in [0.717, 1.165) is 33.6 Å². The molecular formula is C16H18BrNO2. The van der Waals surface area contributed by atoms with Crippen LogP contribution in [-0.2, 0) is 6.54 Å². The average Bonchev–Trinajstić information content (AvgIpc) is 2.48. The molecule has 2 aromatic rings. The van der Waals surface area contributed by atoms with E-state index in [4.69, 9.17) is 9.47 Å². The molecule has 3 nitrogen and oxygen atoms in total. The summed E-state index contributed by atoms with van der Waals surface area (Å²) in [5, 5.41) is 3.19. The van der Waals surface area contributed by atoms with Crippen LogP contribution in [0, 0.1) is 0 Å². The minimum atomic E-state index is 0.741. The number of halogens is 1. The summed E-state index contributed by atoms with van der Waals surface area (Å²) < 4.78 is 11.8. The molecule has 2 aromatic carbocycles. The van der Waals surface area contributed by atoms with Gasteiger partial charge in [0.05, 0.1) is 14.2 Å². The second-order valence-electron chi connectivity index (χ2n) is 4.40. The Bertz CT molecular complexity index is 582. The lowest BCUT2D eigenvalue weighted by atomic mass is 9.98. The van der Waals surface area contributed by atoms with Gasteiger partial charge < -0.3 is 14.8 Å². The van der Waals surface area contributed by atoms with Crippen LogP contribution in [-0.4, -0.2) is 21.3 Å². The molecule has 0 heterocycles. The summed E-state index contributed by atoms with van der Waals surface area (Å²) in [4.78, 5) is 0. The van der Waals surface area contributed by atoms with E-state index in [0.29, 0.717) is 0 Å². The maximum absolute atomic E-state index is 5.40. The van der Waals surface area contributed by atoms with Gasteiger partial charge in [-0.05, 0) is 48.0 Å². The molecule has 0 fully saturated rings. The van der Waals surface area contributed by atoms with Gasteiger partial charge in [0.1, 0.15) is 0 Å². The van der Waals surface area contributed by atoms with E-state index in [1.807, 2.05) is 31.3 Å². The normalized spacial score (nSPS) is 10.4. The second kappa shape index (κ2) is 6.77. The first-order valence-electron chi connectivity index (χ1n) is 6.35. The van der Waals surface area contributed by atoms with Crippen LogP contribution in [0.5, 0.6) is 11.5 Å². The molecule has 20 heavy (non-hydrogen) atoms. The van der Waals surface area contributed by atoms with Crippen LogP contribution in [0.15, 0.2) is 40.9 Å². The minimum Gasteiger partial charge on any atom is -0.493 e. The number of hydrogen-bond acceptors (Lipinski definition) is 3. The van der Waals surface area contributed by atoms with E-state index in [1.54, 1.807) is 14.2 Å². The molecule has 0 saturated carbocycles. The van der Waals surface area contributed by atoms with Crippen LogP contribution >= 0.6 is 15.9 Å². The van der Waals surface area contributed by atoms with Crippen molar-refractivity contribution in [1.82, 2.24) is 5.32 Å². The molecule has 106 valence electrons.